The third kappa shape index (κ3) is 3.45. The van der Waals surface area contributed by atoms with E-state index in [4.69, 9.17) is 4.98 Å². The van der Waals surface area contributed by atoms with Crippen LogP contribution in [0.15, 0.2) is 69.1 Å². The number of Topliss-reactive ketones (excluding diaryl/α,β-unsaturated/α-hetero) is 1. The van der Waals surface area contributed by atoms with Gasteiger partial charge >= 0.3 is 0 Å². The van der Waals surface area contributed by atoms with E-state index in [0.717, 1.165) is 34.7 Å². The van der Waals surface area contributed by atoms with Gasteiger partial charge < -0.3 is 10.3 Å². The van der Waals surface area contributed by atoms with Gasteiger partial charge in [-0.1, -0.05) is 48.2 Å². The number of benzene rings is 1. The Morgan fingerprint density at radius 2 is 1.97 bits per heavy atom. The highest BCUT2D eigenvalue weighted by Crippen LogP contribution is 2.44. The summed E-state index contributed by atoms with van der Waals surface area (Å²) in [6.07, 6.45) is 2.17. The molecule has 146 valence electrons. The van der Waals surface area contributed by atoms with Crippen LogP contribution in [-0.4, -0.2) is 15.8 Å². The van der Waals surface area contributed by atoms with E-state index >= 15 is 0 Å². The summed E-state index contributed by atoms with van der Waals surface area (Å²) in [5.41, 5.74) is 3.20. The minimum Gasteiger partial charge on any atom is -0.343 e. The summed E-state index contributed by atoms with van der Waals surface area (Å²) in [5.74, 6) is 1.10. The molecule has 1 aromatic carbocycles. The summed E-state index contributed by atoms with van der Waals surface area (Å²) in [6.45, 7) is 0. The van der Waals surface area contributed by atoms with Crippen molar-refractivity contribution < 1.29 is 4.79 Å². The number of carbonyl (C=O) groups excluding carboxylic acids is 1. The van der Waals surface area contributed by atoms with Gasteiger partial charge in [0.25, 0.3) is 5.56 Å². The summed E-state index contributed by atoms with van der Waals surface area (Å²) in [4.78, 5) is 34.5. The van der Waals surface area contributed by atoms with Crippen LogP contribution in [-0.2, 0) is 10.5 Å². The molecule has 1 aliphatic heterocycles. The Balaban J connectivity index is 1.55. The zero-order valence-electron chi connectivity index (χ0n) is 15.6. The third-order valence-electron chi connectivity index (χ3n) is 5.28. The van der Waals surface area contributed by atoms with Crippen molar-refractivity contribution in [1.29, 1.82) is 0 Å². The minimum atomic E-state index is -0.335. The Morgan fingerprint density at radius 3 is 2.76 bits per heavy atom. The number of ketones is 1. The molecule has 5 nitrogen and oxygen atoms in total. The first-order chi connectivity index (χ1) is 14.2. The van der Waals surface area contributed by atoms with Crippen molar-refractivity contribution >= 4 is 34.7 Å². The highest BCUT2D eigenvalue weighted by atomic mass is 32.2. The topological polar surface area (TPSA) is 74.8 Å². The van der Waals surface area contributed by atoms with Crippen LogP contribution >= 0.6 is 23.1 Å². The number of nitrogens with zero attached hydrogens (tertiary/aromatic N) is 1. The van der Waals surface area contributed by atoms with Crippen LogP contribution in [0.5, 0.6) is 0 Å². The van der Waals surface area contributed by atoms with Crippen molar-refractivity contribution in [2.75, 3.05) is 5.32 Å². The smallest absolute Gasteiger partial charge is 0.257 e. The zero-order chi connectivity index (χ0) is 19.8. The molecular weight excluding hydrogens is 402 g/mol. The molecule has 7 heteroatoms. The number of thioether (sulfide) groups is 1. The first-order valence-corrected chi connectivity index (χ1v) is 11.4. The molecule has 2 N–H and O–H groups in total. The van der Waals surface area contributed by atoms with Crippen molar-refractivity contribution in [2.45, 2.75) is 36.1 Å². The number of hydrogen-bond acceptors (Lipinski definition) is 6. The fraction of sp³-hybridized carbons (Fsp3) is 0.227. The average molecular weight is 422 g/mol. The van der Waals surface area contributed by atoms with Crippen molar-refractivity contribution in [2.24, 2.45) is 0 Å². The Bertz CT molecular complexity index is 1150. The normalized spacial score (nSPS) is 18.2. The van der Waals surface area contributed by atoms with Crippen LogP contribution in [0.1, 0.15) is 41.2 Å². The van der Waals surface area contributed by atoms with Gasteiger partial charge in [-0.2, -0.15) is 0 Å². The van der Waals surface area contributed by atoms with Gasteiger partial charge in [0.2, 0.25) is 0 Å². The monoisotopic (exact) mass is 421 g/mol. The quantitative estimate of drug-likeness (QED) is 0.472. The lowest BCUT2D eigenvalue weighted by Gasteiger charge is -2.32. The van der Waals surface area contributed by atoms with Crippen LogP contribution in [0.3, 0.4) is 0 Å². The van der Waals surface area contributed by atoms with Crippen LogP contribution in [0.25, 0.3) is 0 Å². The van der Waals surface area contributed by atoms with E-state index < -0.39 is 0 Å². The van der Waals surface area contributed by atoms with E-state index in [2.05, 4.69) is 22.4 Å². The number of aromatic nitrogens is 2. The molecule has 3 heterocycles. The summed E-state index contributed by atoms with van der Waals surface area (Å²) in [5, 5.41) is 5.89. The number of anilines is 1. The predicted molar refractivity (Wildman–Crippen MR) is 117 cm³/mol. The second-order valence-corrected chi connectivity index (χ2v) is 9.09. The molecule has 2 aliphatic rings. The average Bonchev–Trinajstić information content (AvgIpc) is 3.26. The summed E-state index contributed by atoms with van der Waals surface area (Å²) < 4.78 is 0. The molecule has 0 amide bonds. The third-order valence-corrected chi connectivity index (χ3v) is 7.16. The largest absolute Gasteiger partial charge is 0.343 e. The molecule has 0 bridgehead atoms. The van der Waals surface area contributed by atoms with Gasteiger partial charge in [0.05, 0.1) is 11.5 Å². The summed E-state index contributed by atoms with van der Waals surface area (Å²) >= 11 is 3.07. The molecule has 29 heavy (non-hydrogen) atoms. The molecule has 1 atom stereocenters. The highest BCUT2D eigenvalue weighted by Gasteiger charge is 2.38. The maximum Gasteiger partial charge on any atom is 0.257 e. The number of thiophene rings is 1. The number of rotatable bonds is 4. The van der Waals surface area contributed by atoms with Crippen LogP contribution in [0, 0.1) is 0 Å². The van der Waals surface area contributed by atoms with E-state index in [1.165, 1.54) is 17.3 Å². The fourth-order valence-corrected chi connectivity index (χ4v) is 5.63. The maximum absolute atomic E-state index is 13.1. The Labute approximate surface area is 176 Å². The highest BCUT2D eigenvalue weighted by molar-refractivity contribution is 7.98. The molecule has 0 unspecified atom stereocenters. The number of nitrogens with one attached hydrogen (secondary N) is 2. The Kier molecular flexibility index (Phi) is 4.85. The Morgan fingerprint density at radius 1 is 1.10 bits per heavy atom. The molecule has 0 radical (unpaired) electrons. The first kappa shape index (κ1) is 18.4. The van der Waals surface area contributed by atoms with E-state index in [1.807, 2.05) is 35.7 Å². The maximum atomic E-state index is 13.1. The molecule has 5 rings (SSSR count). The van der Waals surface area contributed by atoms with Crippen molar-refractivity contribution in [3.8, 4) is 0 Å². The van der Waals surface area contributed by atoms with Gasteiger partial charge in [0.1, 0.15) is 5.82 Å². The number of allylic oxidation sites excluding steroid dienone is 2. The van der Waals surface area contributed by atoms with Crippen molar-refractivity contribution in [3.63, 3.8) is 0 Å². The molecule has 3 aromatic rings. The SMILES string of the molecule is O=C1CCCC2=C1[C@@H](c1cccs1)c1c(nc(SCc3ccccc3)[nH]c1=O)N2. The molecular formula is C22H19N3O2S2. The fourth-order valence-electron chi connectivity index (χ4n) is 3.97. The number of carbonyl (C=O) groups is 1. The second-order valence-electron chi connectivity index (χ2n) is 7.15. The lowest BCUT2D eigenvalue weighted by Crippen LogP contribution is -2.32. The van der Waals surface area contributed by atoms with Gasteiger partial charge in [-0.15, -0.1) is 11.3 Å². The molecule has 2 aromatic heterocycles. The van der Waals surface area contributed by atoms with Gasteiger partial charge in [0.15, 0.2) is 10.9 Å². The Hall–Kier alpha value is -2.64. The van der Waals surface area contributed by atoms with Gasteiger partial charge in [-0.05, 0) is 29.9 Å². The lowest BCUT2D eigenvalue weighted by molar-refractivity contribution is -0.116. The van der Waals surface area contributed by atoms with Crippen molar-refractivity contribution in [3.05, 3.63) is 85.5 Å². The summed E-state index contributed by atoms with van der Waals surface area (Å²) in [6, 6.07) is 14.0. The molecule has 0 fully saturated rings. The summed E-state index contributed by atoms with van der Waals surface area (Å²) in [7, 11) is 0. The van der Waals surface area contributed by atoms with Gasteiger partial charge in [-0.25, -0.2) is 4.98 Å². The number of aromatic amines is 1. The molecule has 1 aliphatic carbocycles. The lowest BCUT2D eigenvalue weighted by atomic mass is 9.79. The van der Waals surface area contributed by atoms with E-state index in [9.17, 15) is 9.59 Å². The minimum absolute atomic E-state index is 0.129. The second kappa shape index (κ2) is 7.65. The molecule has 0 saturated heterocycles. The number of H-pyrrole nitrogens is 1. The number of fused-ring (bicyclic) bond motifs is 1. The van der Waals surface area contributed by atoms with Crippen LogP contribution in [0.4, 0.5) is 5.82 Å². The predicted octanol–water partition coefficient (Wildman–Crippen LogP) is 4.69. The van der Waals surface area contributed by atoms with E-state index in [-0.39, 0.29) is 17.3 Å². The van der Waals surface area contributed by atoms with E-state index in [0.29, 0.717) is 23.0 Å². The van der Waals surface area contributed by atoms with Crippen molar-refractivity contribution in [1.82, 2.24) is 9.97 Å². The standard InChI is InChI=1S/C22H19N3O2S2/c26-15-9-4-8-14-17(15)18(16-10-5-11-28-16)19-20(23-14)24-22(25-21(19)27)29-12-13-6-2-1-3-7-13/h1-3,5-7,10-11,18H,4,8-9,12H2,(H2,23,24,25,27)/t18-/m1/s1. The van der Waals surface area contributed by atoms with E-state index in [1.54, 1.807) is 11.3 Å². The molecule has 0 spiro atoms. The van der Waals surface area contributed by atoms with Gasteiger partial charge in [-0.3, -0.25) is 9.59 Å². The zero-order valence-corrected chi connectivity index (χ0v) is 17.2. The molecule has 0 saturated carbocycles. The van der Waals surface area contributed by atoms with Crippen LogP contribution in [0.2, 0.25) is 0 Å². The number of hydrogen-bond donors (Lipinski definition) is 2. The van der Waals surface area contributed by atoms with Gasteiger partial charge in [0, 0.05) is 28.3 Å². The first-order valence-electron chi connectivity index (χ1n) is 9.58. The van der Waals surface area contributed by atoms with Crippen LogP contribution < -0.4 is 10.9 Å².